The summed E-state index contributed by atoms with van der Waals surface area (Å²) in [5.74, 6) is 0.173. The summed E-state index contributed by atoms with van der Waals surface area (Å²) in [6.45, 7) is 0. The van der Waals surface area contributed by atoms with Crippen LogP contribution in [0.25, 0.3) is 11.5 Å². The number of para-hydroxylation sites is 1. The Balaban J connectivity index is 1.52. The molecule has 7 nitrogen and oxygen atoms in total. The summed E-state index contributed by atoms with van der Waals surface area (Å²) >= 11 is 0. The number of nitrogens with zero attached hydrogens (tertiary/aromatic N) is 4. The van der Waals surface area contributed by atoms with Crippen molar-refractivity contribution in [2.45, 2.75) is 12.5 Å². The summed E-state index contributed by atoms with van der Waals surface area (Å²) < 4.78 is 3.32. The van der Waals surface area contributed by atoms with Gasteiger partial charge in [-0.15, -0.1) is 5.10 Å². The molecular weight excluding hydrogens is 366 g/mol. The highest BCUT2D eigenvalue weighted by atomic mass is 16.2. The van der Waals surface area contributed by atoms with E-state index in [1.807, 2.05) is 66.9 Å². The Labute approximate surface area is 167 Å². The van der Waals surface area contributed by atoms with Crippen molar-refractivity contribution in [3.63, 3.8) is 0 Å². The summed E-state index contributed by atoms with van der Waals surface area (Å²) in [4.78, 5) is 28.3. The predicted molar refractivity (Wildman–Crippen MR) is 108 cm³/mol. The highest BCUT2D eigenvalue weighted by Gasteiger charge is 2.18. The Bertz CT molecular complexity index is 1100. The van der Waals surface area contributed by atoms with Gasteiger partial charge in [-0.1, -0.05) is 48.5 Å². The third-order valence-corrected chi connectivity index (χ3v) is 4.49. The molecule has 2 aromatic carbocycles. The molecule has 0 saturated carbocycles. The molecule has 0 fully saturated rings. The van der Waals surface area contributed by atoms with Crippen molar-refractivity contribution in [1.82, 2.24) is 24.6 Å². The number of carbonyl (C=O) groups excluding carboxylic acids is 2. The first-order valence-corrected chi connectivity index (χ1v) is 9.18. The molecule has 2 aromatic heterocycles. The molecule has 0 aliphatic heterocycles. The first-order valence-electron chi connectivity index (χ1n) is 9.18. The van der Waals surface area contributed by atoms with E-state index in [4.69, 9.17) is 0 Å². The van der Waals surface area contributed by atoms with E-state index in [2.05, 4.69) is 15.4 Å². The number of aromatic nitrogens is 4. The Hall–Kier alpha value is -4.00. The Kier molecular flexibility index (Phi) is 5.29. The molecule has 0 aliphatic rings. The first kappa shape index (κ1) is 18.4. The topological polar surface area (TPSA) is 81.8 Å². The highest BCUT2D eigenvalue weighted by Crippen LogP contribution is 2.13. The predicted octanol–water partition coefficient (Wildman–Crippen LogP) is 2.60. The third-order valence-electron chi connectivity index (χ3n) is 4.49. The molecule has 0 spiro atoms. The third kappa shape index (κ3) is 4.14. The Morgan fingerprint density at radius 2 is 1.76 bits per heavy atom. The average molecular weight is 385 g/mol. The van der Waals surface area contributed by atoms with E-state index in [0.29, 0.717) is 17.9 Å². The number of amides is 1. The number of hydrogen-bond acceptors (Lipinski definition) is 4. The minimum Gasteiger partial charge on any atom is -0.341 e. The zero-order valence-electron chi connectivity index (χ0n) is 15.6. The molecule has 4 aromatic rings. The molecular formula is C22H19N5O2. The van der Waals surface area contributed by atoms with Crippen LogP contribution in [0.2, 0.25) is 0 Å². The van der Waals surface area contributed by atoms with Crippen molar-refractivity contribution < 1.29 is 9.59 Å². The number of imidazole rings is 1. The fourth-order valence-electron chi connectivity index (χ4n) is 3.06. The Morgan fingerprint density at radius 3 is 2.48 bits per heavy atom. The van der Waals surface area contributed by atoms with E-state index in [-0.39, 0.29) is 5.91 Å². The molecule has 0 saturated heterocycles. The fraction of sp³-hybridized carbons (Fsp3) is 0.0909. The van der Waals surface area contributed by atoms with Gasteiger partial charge in [0.15, 0.2) is 5.82 Å². The van der Waals surface area contributed by atoms with Crippen LogP contribution in [0.3, 0.4) is 0 Å². The zero-order chi connectivity index (χ0) is 20.1. The number of aldehydes is 1. The van der Waals surface area contributed by atoms with Crippen LogP contribution in [-0.4, -0.2) is 37.6 Å². The molecule has 29 heavy (non-hydrogen) atoms. The molecule has 1 N–H and O–H groups in total. The lowest BCUT2D eigenvalue weighted by Gasteiger charge is -2.13. The van der Waals surface area contributed by atoms with Gasteiger partial charge in [0.1, 0.15) is 18.3 Å². The van der Waals surface area contributed by atoms with Gasteiger partial charge in [-0.3, -0.25) is 9.36 Å². The Morgan fingerprint density at radius 1 is 1.03 bits per heavy atom. The molecule has 4 rings (SSSR count). The van der Waals surface area contributed by atoms with Crippen molar-refractivity contribution in [2.24, 2.45) is 0 Å². The van der Waals surface area contributed by atoms with Gasteiger partial charge in [-0.2, -0.15) is 0 Å². The van der Waals surface area contributed by atoms with Crippen molar-refractivity contribution in [3.8, 4) is 11.5 Å². The smallest absolute Gasteiger partial charge is 0.270 e. The standard InChI is InChI=1S/C22H19N5O2/c28-15-18(13-17-7-3-1-4-8-17)24-22(29)20-14-23-16-26(20)21-11-12-27(25-21)19-9-5-2-6-10-19/h1-12,14-16,18H,13H2,(H,24,29). The summed E-state index contributed by atoms with van der Waals surface area (Å²) in [6, 6.07) is 20.4. The number of benzene rings is 2. The van der Waals surface area contributed by atoms with Gasteiger partial charge in [0.25, 0.3) is 5.91 Å². The van der Waals surface area contributed by atoms with E-state index in [9.17, 15) is 9.59 Å². The van der Waals surface area contributed by atoms with Gasteiger partial charge < -0.3 is 10.1 Å². The van der Waals surface area contributed by atoms with E-state index in [0.717, 1.165) is 17.5 Å². The minimum atomic E-state index is -0.630. The number of nitrogens with one attached hydrogen (secondary N) is 1. The first-order chi connectivity index (χ1) is 14.2. The second kappa shape index (κ2) is 8.35. The van der Waals surface area contributed by atoms with E-state index < -0.39 is 6.04 Å². The number of rotatable bonds is 7. The van der Waals surface area contributed by atoms with Crippen molar-refractivity contribution >= 4 is 12.2 Å². The highest BCUT2D eigenvalue weighted by molar-refractivity contribution is 5.94. The maximum absolute atomic E-state index is 12.8. The summed E-state index contributed by atoms with van der Waals surface area (Å²) in [5, 5.41) is 7.29. The lowest BCUT2D eigenvalue weighted by atomic mass is 10.1. The van der Waals surface area contributed by atoms with E-state index in [1.165, 1.54) is 12.5 Å². The van der Waals surface area contributed by atoms with Gasteiger partial charge in [0.05, 0.1) is 17.9 Å². The lowest BCUT2D eigenvalue weighted by molar-refractivity contribution is -0.109. The average Bonchev–Trinajstić information content (AvgIpc) is 3.44. The molecule has 144 valence electrons. The van der Waals surface area contributed by atoms with Gasteiger partial charge in [-0.25, -0.2) is 9.67 Å². The largest absolute Gasteiger partial charge is 0.341 e. The molecule has 0 aliphatic carbocycles. The summed E-state index contributed by atoms with van der Waals surface area (Å²) in [7, 11) is 0. The van der Waals surface area contributed by atoms with Gasteiger partial charge >= 0.3 is 0 Å². The lowest BCUT2D eigenvalue weighted by Crippen LogP contribution is -2.38. The van der Waals surface area contributed by atoms with Crippen LogP contribution in [0, 0.1) is 0 Å². The van der Waals surface area contributed by atoms with Crippen LogP contribution in [0.15, 0.2) is 85.5 Å². The van der Waals surface area contributed by atoms with Crippen LogP contribution >= 0.6 is 0 Å². The van der Waals surface area contributed by atoms with Crippen LogP contribution in [0.4, 0.5) is 0 Å². The van der Waals surface area contributed by atoms with Crippen LogP contribution in [-0.2, 0) is 11.2 Å². The zero-order valence-corrected chi connectivity index (χ0v) is 15.6. The molecule has 1 unspecified atom stereocenters. The van der Waals surface area contributed by atoms with Gasteiger partial charge in [-0.05, 0) is 24.1 Å². The molecule has 0 radical (unpaired) electrons. The van der Waals surface area contributed by atoms with E-state index in [1.54, 1.807) is 15.3 Å². The molecule has 1 amide bonds. The molecule has 2 heterocycles. The van der Waals surface area contributed by atoms with Crippen LogP contribution in [0.5, 0.6) is 0 Å². The maximum Gasteiger partial charge on any atom is 0.270 e. The number of carbonyl (C=O) groups is 2. The molecule has 7 heteroatoms. The second-order valence-corrected chi connectivity index (χ2v) is 6.51. The fourth-order valence-corrected chi connectivity index (χ4v) is 3.06. The van der Waals surface area contributed by atoms with Crippen molar-refractivity contribution in [2.75, 3.05) is 0 Å². The monoisotopic (exact) mass is 385 g/mol. The second-order valence-electron chi connectivity index (χ2n) is 6.51. The summed E-state index contributed by atoms with van der Waals surface area (Å²) in [5.41, 5.74) is 2.19. The van der Waals surface area contributed by atoms with Crippen molar-refractivity contribution in [3.05, 3.63) is 96.7 Å². The van der Waals surface area contributed by atoms with Crippen LogP contribution in [0.1, 0.15) is 16.1 Å². The minimum absolute atomic E-state index is 0.309. The normalized spacial score (nSPS) is 11.7. The van der Waals surface area contributed by atoms with Gasteiger partial charge in [0, 0.05) is 12.3 Å². The number of hydrogen-bond donors (Lipinski definition) is 1. The summed E-state index contributed by atoms with van der Waals surface area (Å²) in [6.07, 6.45) is 5.97. The van der Waals surface area contributed by atoms with Crippen LogP contribution < -0.4 is 5.32 Å². The molecule has 1 atom stereocenters. The van der Waals surface area contributed by atoms with Gasteiger partial charge in [0.2, 0.25) is 0 Å². The quantitative estimate of drug-likeness (QED) is 0.496. The SMILES string of the molecule is O=CC(Cc1ccccc1)NC(=O)c1cncn1-c1ccn(-c2ccccc2)n1. The molecule has 0 bridgehead atoms. The van der Waals surface area contributed by atoms with Crippen molar-refractivity contribution in [1.29, 1.82) is 0 Å². The maximum atomic E-state index is 12.8. The van der Waals surface area contributed by atoms with E-state index >= 15 is 0 Å².